The lowest BCUT2D eigenvalue weighted by Gasteiger charge is -2.43. The number of carbonyl (C=O) groups excluding carboxylic acids is 1. The number of aromatic nitrogens is 1. The summed E-state index contributed by atoms with van der Waals surface area (Å²) >= 11 is 0. The molecule has 0 unspecified atom stereocenters. The molecule has 0 spiro atoms. The summed E-state index contributed by atoms with van der Waals surface area (Å²) < 4.78 is 35.6. The third-order valence-corrected chi connectivity index (χ3v) is 7.04. The Morgan fingerprint density at radius 2 is 1.96 bits per heavy atom. The summed E-state index contributed by atoms with van der Waals surface area (Å²) in [7, 11) is -1.72. The Balaban J connectivity index is 2.12. The summed E-state index contributed by atoms with van der Waals surface area (Å²) in [5.41, 5.74) is 0.489. The van der Waals surface area contributed by atoms with Crippen LogP contribution in [-0.2, 0) is 19.7 Å². The molecule has 154 valence electrons. The van der Waals surface area contributed by atoms with Crippen molar-refractivity contribution in [3.8, 4) is 0 Å². The maximum atomic E-state index is 12.7. The van der Waals surface area contributed by atoms with E-state index < -0.39 is 26.7 Å². The molecule has 27 heavy (non-hydrogen) atoms. The molecule has 1 amide bonds. The van der Waals surface area contributed by atoms with Gasteiger partial charge in [-0.05, 0) is 32.3 Å². The molecular formula is C18H30N2O6S. The molecular weight excluding hydrogens is 372 g/mol. The Labute approximate surface area is 161 Å². The molecule has 2 rings (SSSR count). The van der Waals surface area contributed by atoms with Gasteiger partial charge in [0.2, 0.25) is 0 Å². The highest BCUT2D eigenvalue weighted by molar-refractivity contribution is 8.28. The van der Waals surface area contributed by atoms with Gasteiger partial charge < -0.3 is 19.3 Å². The van der Waals surface area contributed by atoms with Crippen molar-refractivity contribution >= 4 is 22.3 Å². The van der Waals surface area contributed by atoms with Crippen molar-refractivity contribution in [3.05, 3.63) is 22.8 Å². The zero-order valence-corrected chi connectivity index (χ0v) is 17.4. The second-order valence-corrected chi connectivity index (χ2v) is 10.3. The number of nitrogens with one attached hydrogen (secondary N) is 1. The van der Waals surface area contributed by atoms with Gasteiger partial charge in [0.05, 0.1) is 19.8 Å². The first-order valence-corrected chi connectivity index (χ1v) is 10.4. The molecule has 0 bridgehead atoms. The molecule has 1 fully saturated rings. The highest BCUT2D eigenvalue weighted by Crippen LogP contribution is 2.55. The summed E-state index contributed by atoms with van der Waals surface area (Å²) in [6.07, 6.45) is 1.27. The minimum absolute atomic E-state index is 0.223. The number of carbonyl (C=O) groups is 1. The number of hydrogen-bond acceptors (Lipinski definition) is 7. The molecule has 1 aliphatic heterocycles. The maximum Gasteiger partial charge on any atom is 0.250 e. The van der Waals surface area contributed by atoms with Crippen LogP contribution in [0, 0.1) is 0 Å². The van der Waals surface area contributed by atoms with Crippen LogP contribution in [0.15, 0.2) is 21.6 Å². The van der Waals surface area contributed by atoms with E-state index >= 15 is 0 Å². The molecule has 0 aliphatic carbocycles. The average molecular weight is 403 g/mol. The molecule has 1 aromatic heterocycles. The van der Waals surface area contributed by atoms with Crippen LogP contribution >= 0.6 is 10.6 Å². The number of anilines is 1. The Bertz CT molecular complexity index is 688. The molecule has 3 N–H and O–H groups in total. The van der Waals surface area contributed by atoms with E-state index in [1.807, 2.05) is 13.8 Å². The van der Waals surface area contributed by atoms with Crippen LogP contribution in [0.2, 0.25) is 0 Å². The standard InChI is InChI=1S/C18H30N2O6S/c1-17(2,12-24-5)14-10-15(20-26-14)19-16(21)18(3,4)27(22,23)11-13-6-8-25-9-7-13/h10-11,22-23H,6-9,12H2,1-5H3,(H,19,20,21). The number of hydrogen-bond donors (Lipinski definition) is 3. The Morgan fingerprint density at radius 1 is 1.33 bits per heavy atom. The molecule has 0 saturated carbocycles. The van der Waals surface area contributed by atoms with Crippen molar-refractivity contribution in [1.29, 1.82) is 0 Å². The summed E-state index contributed by atoms with van der Waals surface area (Å²) in [6, 6.07) is 1.62. The second-order valence-electron chi connectivity index (χ2n) is 7.84. The fraction of sp³-hybridized carbons (Fsp3) is 0.667. The third-order valence-electron chi connectivity index (χ3n) is 4.69. The highest BCUT2D eigenvalue weighted by atomic mass is 32.3. The summed E-state index contributed by atoms with van der Waals surface area (Å²) in [4.78, 5) is 12.7. The molecule has 1 aliphatic rings. The van der Waals surface area contributed by atoms with Crippen molar-refractivity contribution in [3.63, 3.8) is 0 Å². The largest absolute Gasteiger partial charge is 0.384 e. The van der Waals surface area contributed by atoms with E-state index in [9.17, 15) is 13.9 Å². The lowest BCUT2D eigenvalue weighted by Crippen LogP contribution is -2.41. The molecule has 2 heterocycles. The first-order valence-electron chi connectivity index (χ1n) is 8.82. The summed E-state index contributed by atoms with van der Waals surface area (Å²) in [5.74, 6) is 0.241. The van der Waals surface area contributed by atoms with E-state index in [1.54, 1.807) is 13.2 Å². The number of methoxy groups -OCH3 is 1. The van der Waals surface area contributed by atoms with E-state index in [0.29, 0.717) is 38.4 Å². The van der Waals surface area contributed by atoms with Crippen LogP contribution in [0.25, 0.3) is 0 Å². The normalized spacial score (nSPS) is 16.9. The minimum atomic E-state index is -3.32. The van der Waals surface area contributed by atoms with Crippen molar-refractivity contribution in [2.24, 2.45) is 0 Å². The second kappa shape index (κ2) is 8.32. The predicted octanol–water partition coefficient (Wildman–Crippen LogP) is 3.76. The maximum absolute atomic E-state index is 12.7. The number of nitrogens with zero attached hydrogens (tertiary/aromatic N) is 1. The molecule has 9 heteroatoms. The van der Waals surface area contributed by atoms with Gasteiger partial charge in [0, 0.05) is 24.0 Å². The first-order chi connectivity index (χ1) is 12.5. The summed E-state index contributed by atoms with van der Waals surface area (Å²) in [6.45, 7) is 8.40. The van der Waals surface area contributed by atoms with Gasteiger partial charge in [0.15, 0.2) is 5.82 Å². The number of amides is 1. The fourth-order valence-corrected chi connectivity index (χ4v) is 3.94. The van der Waals surface area contributed by atoms with Gasteiger partial charge in [-0.25, -0.2) is 0 Å². The van der Waals surface area contributed by atoms with Crippen LogP contribution < -0.4 is 5.32 Å². The lowest BCUT2D eigenvalue weighted by molar-refractivity contribution is -0.118. The number of rotatable bonds is 7. The highest BCUT2D eigenvalue weighted by Gasteiger charge is 2.41. The molecule has 1 saturated heterocycles. The Kier molecular flexibility index (Phi) is 6.75. The van der Waals surface area contributed by atoms with Gasteiger partial charge in [-0.2, -0.15) is 10.6 Å². The van der Waals surface area contributed by atoms with Gasteiger partial charge in [-0.3, -0.25) is 13.9 Å². The monoisotopic (exact) mass is 402 g/mol. The van der Waals surface area contributed by atoms with E-state index in [-0.39, 0.29) is 5.82 Å². The van der Waals surface area contributed by atoms with E-state index in [0.717, 1.165) is 5.57 Å². The molecule has 1 aromatic rings. The zero-order valence-electron chi connectivity index (χ0n) is 16.6. The third kappa shape index (κ3) is 5.11. The molecule has 8 nitrogen and oxygen atoms in total. The zero-order chi connectivity index (χ0) is 20.3. The molecule has 0 atom stereocenters. The van der Waals surface area contributed by atoms with Crippen molar-refractivity contribution in [2.75, 3.05) is 32.2 Å². The van der Waals surface area contributed by atoms with E-state index in [1.165, 1.54) is 19.3 Å². The minimum Gasteiger partial charge on any atom is -0.384 e. The SMILES string of the molecule is COCC(C)(C)c1cc(NC(=O)C(C)(C)S(O)(O)C=C2CCOCC2)no1. The van der Waals surface area contributed by atoms with Crippen LogP contribution in [0.1, 0.15) is 46.3 Å². The quantitative estimate of drug-likeness (QED) is 0.636. The summed E-state index contributed by atoms with van der Waals surface area (Å²) in [5, 5.41) is 7.93. The molecule has 0 radical (unpaired) electrons. The average Bonchev–Trinajstić information content (AvgIpc) is 3.04. The topological polar surface area (TPSA) is 114 Å². The van der Waals surface area contributed by atoms with Crippen LogP contribution in [0.3, 0.4) is 0 Å². The van der Waals surface area contributed by atoms with Gasteiger partial charge in [-0.15, -0.1) is 0 Å². The number of ether oxygens (including phenoxy) is 2. The van der Waals surface area contributed by atoms with Crippen LogP contribution in [-0.4, -0.2) is 51.8 Å². The fourth-order valence-electron chi connectivity index (χ4n) is 2.62. The van der Waals surface area contributed by atoms with E-state index in [2.05, 4.69) is 10.5 Å². The van der Waals surface area contributed by atoms with Crippen LogP contribution in [0.5, 0.6) is 0 Å². The lowest BCUT2D eigenvalue weighted by atomic mass is 9.91. The first kappa shape index (κ1) is 21.9. The van der Waals surface area contributed by atoms with E-state index in [4.69, 9.17) is 14.0 Å². The van der Waals surface area contributed by atoms with Crippen molar-refractivity contribution in [2.45, 2.75) is 50.7 Å². The van der Waals surface area contributed by atoms with Gasteiger partial charge in [-0.1, -0.05) is 19.0 Å². The Morgan fingerprint density at radius 3 is 2.56 bits per heavy atom. The van der Waals surface area contributed by atoms with Crippen molar-refractivity contribution in [1.82, 2.24) is 5.16 Å². The van der Waals surface area contributed by atoms with Gasteiger partial charge in [0.1, 0.15) is 10.5 Å². The van der Waals surface area contributed by atoms with Gasteiger partial charge in [0.25, 0.3) is 5.91 Å². The molecule has 0 aromatic carbocycles. The van der Waals surface area contributed by atoms with Crippen molar-refractivity contribution < 1.29 is 27.9 Å². The van der Waals surface area contributed by atoms with Gasteiger partial charge >= 0.3 is 0 Å². The predicted molar refractivity (Wildman–Crippen MR) is 105 cm³/mol. The smallest absolute Gasteiger partial charge is 0.250 e. The Hall–Kier alpha value is -1.39. The van der Waals surface area contributed by atoms with Crippen LogP contribution in [0.4, 0.5) is 5.82 Å².